The molecule has 1 heterocycles. The maximum Gasteiger partial charge on any atom is 0.313 e. The Kier molecular flexibility index (Phi) is 2.59. The number of carboxylic acids is 1. The number of hydrogen-bond acceptors (Lipinski definition) is 3. The number of rotatable bonds is 3. The zero-order chi connectivity index (χ0) is 10.8. The summed E-state index contributed by atoms with van der Waals surface area (Å²) < 4.78 is 12.8. The van der Waals surface area contributed by atoms with Gasteiger partial charge in [0, 0.05) is 0 Å². The highest BCUT2D eigenvalue weighted by molar-refractivity contribution is 7.99. The molecule has 0 spiro atoms. The molecular formula is C9H7FN2O2S. The number of nitrogens with zero attached hydrogens (tertiary/aromatic N) is 1. The number of hydrogen-bond donors (Lipinski definition) is 2. The first-order valence-corrected chi connectivity index (χ1v) is 5.13. The predicted molar refractivity (Wildman–Crippen MR) is 54.4 cm³/mol. The van der Waals surface area contributed by atoms with E-state index in [1.54, 1.807) is 6.07 Å². The number of H-pyrrole nitrogens is 1. The van der Waals surface area contributed by atoms with Crippen molar-refractivity contribution in [1.82, 2.24) is 9.97 Å². The first kappa shape index (κ1) is 9.97. The molecule has 0 radical (unpaired) electrons. The van der Waals surface area contributed by atoms with Gasteiger partial charge < -0.3 is 10.1 Å². The molecule has 4 nitrogen and oxygen atoms in total. The van der Waals surface area contributed by atoms with Crippen LogP contribution in [0.15, 0.2) is 23.4 Å². The van der Waals surface area contributed by atoms with Gasteiger partial charge in [-0.2, -0.15) is 0 Å². The van der Waals surface area contributed by atoms with Crippen molar-refractivity contribution >= 4 is 28.8 Å². The molecule has 0 bridgehead atoms. The van der Waals surface area contributed by atoms with E-state index in [4.69, 9.17) is 5.11 Å². The molecule has 2 rings (SSSR count). The maximum atomic E-state index is 12.8. The number of nitrogens with one attached hydrogen (secondary N) is 1. The standard InChI is InChI=1S/C9H7FN2O2S/c10-5-1-2-6-7(3-5)12-9(11-6)15-4-8(13)14/h1-3H,4H2,(H,11,12)(H,13,14). The van der Waals surface area contributed by atoms with Crippen LogP contribution in [-0.2, 0) is 4.79 Å². The third-order valence-corrected chi connectivity index (χ3v) is 2.61. The van der Waals surface area contributed by atoms with Crippen LogP contribution in [0.2, 0.25) is 0 Å². The van der Waals surface area contributed by atoms with Crippen LogP contribution < -0.4 is 0 Å². The van der Waals surface area contributed by atoms with Crippen molar-refractivity contribution in [2.45, 2.75) is 5.16 Å². The van der Waals surface area contributed by atoms with Gasteiger partial charge in [0.15, 0.2) is 5.16 Å². The Morgan fingerprint density at radius 2 is 2.40 bits per heavy atom. The molecule has 0 saturated carbocycles. The summed E-state index contributed by atoms with van der Waals surface area (Å²) in [4.78, 5) is 17.3. The van der Waals surface area contributed by atoms with Crippen LogP contribution in [0.3, 0.4) is 0 Å². The third kappa shape index (κ3) is 2.27. The zero-order valence-electron chi connectivity index (χ0n) is 7.53. The van der Waals surface area contributed by atoms with Crippen LogP contribution in [0.4, 0.5) is 4.39 Å². The quantitative estimate of drug-likeness (QED) is 0.784. The van der Waals surface area contributed by atoms with Crippen molar-refractivity contribution in [2.75, 3.05) is 5.75 Å². The van der Waals surface area contributed by atoms with E-state index in [0.717, 1.165) is 11.8 Å². The van der Waals surface area contributed by atoms with Gasteiger partial charge in [-0.3, -0.25) is 4.79 Å². The van der Waals surface area contributed by atoms with Crippen molar-refractivity contribution in [1.29, 1.82) is 0 Å². The van der Waals surface area contributed by atoms with Crippen molar-refractivity contribution < 1.29 is 14.3 Å². The average molecular weight is 226 g/mol. The van der Waals surface area contributed by atoms with E-state index in [-0.39, 0.29) is 11.6 Å². The van der Waals surface area contributed by atoms with Crippen molar-refractivity contribution in [3.63, 3.8) is 0 Å². The molecule has 1 aromatic heterocycles. The molecule has 0 saturated heterocycles. The Hall–Kier alpha value is -1.56. The number of aromatic nitrogens is 2. The summed E-state index contributed by atoms with van der Waals surface area (Å²) in [6.45, 7) is 0. The fourth-order valence-electron chi connectivity index (χ4n) is 1.16. The highest BCUT2D eigenvalue weighted by atomic mass is 32.2. The molecule has 0 amide bonds. The van der Waals surface area contributed by atoms with Gasteiger partial charge in [-0.25, -0.2) is 9.37 Å². The van der Waals surface area contributed by atoms with E-state index in [1.807, 2.05) is 0 Å². The lowest BCUT2D eigenvalue weighted by Crippen LogP contribution is -1.97. The maximum absolute atomic E-state index is 12.8. The summed E-state index contributed by atoms with van der Waals surface area (Å²) in [6.07, 6.45) is 0. The van der Waals surface area contributed by atoms with Gasteiger partial charge >= 0.3 is 5.97 Å². The minimum atomic E-state index is -0.911. The Labute approximate surface area is 88.5 Å². The molecule has 1 aromatic carbocycles. The lowest BCUT2D eigenvalue weighted by molar-refractivity contribution is -0.133. The zero-order valence-corrected chi connectivity index (χ0v) is 8.34. The number of imidazole rings is 1. The second kappa shape index (κ2) is 3.90. The molecule has 0 unspecified atom stereocenters. The number of aromatic amines is 1. The minimum Gasteiger partial charge on any atom is -0.481 e. The Bertz CT molecular complexity index is 512. The lowest BCUT2D eigenvalue weighted by Gasteiger charge is -1.89. The third-order valence-electron chi connectivity index (χ3n) is 1.75. The summed E-state index contributed by atoms with van der Waals surface area (Å²) in [6, 6.07) is 4.19. The highest BCUT2D eigenvalue weighted by Gasteiger charge is 2.06. The number of thioether (sulfide) groups is 1. The van der Waals surface area contributed by atoms with Crippen molar-refractivity contribution in [3.05, 3.63) is 24.0 Å². The average Bonchev–Trinajstić information content (AvgIpc) is 2.56. The second-order valence-corrected chi connectivity index (χ2v) is 3.85. The molecule has 15 heavy (non-hydrogen) atoms. The molecular weight excluding hydrogens is 219 g/mol. The number of carboxylic acid groups (broad SMARTS) is 1. The van der Waals surface area contributed by atoms with Crippen LogP contribution in [0, 0.1) is 5.82 Å². The van der Waals surface area contributed by atoms with Crippen LogP contribution >= 0.6 is 11.8 Å². The fraction of sp³-hybridized carbons (Fsp3) is 0.111. The number of fused-ring (bicyclic) bond motifs is 1. The largest absolute Gasteiger partial charge is 0.481 e. The van der Waals surface area contributed by atoms with Crippen LogP contribution in [0.5, 0.6) is 0 Å². The first-order chi connectivity index (χ1) is 7.15. The number of carbonyl (C=O) groups is 1. The van der Waals surface area contributed by atoms with Gasteiger partial charge in [-0.1, -0.05) is 11.8 Å². The van der Waals surface area contributed by atoms with E-state index in [1.165, 1.54) is 12.1 Å². The minimum absolute atomic E-state index is 0.0672. The topological polar surface area (TPSA) is 66.0 Å². The van der Waals surface area contributed by atoms with Gasteiger partial charge in [0.1, 0.15) is 5.82 Å². The van der Waals surface area contributed by atoms with Gasteiger partial charge in [-0.15, -0.1) is 0 Å². The van der Waals surface area contributed by atoms with Crippen LogP contribution in [0.1, 0.15) is 0 Å². The number of benzene rings is 1. The van der Waals surface area contributed by atoms with Gasteiger partial charge in [0.05, 0.1) is 16.8 Å². The monoisotopic (exact) mass is 226 g/mol. The smallest absolute Gasteiger partial charge is 0.313 e. The van der Waals surface area contributed by atoms with Crippen LogP contribution in [0.25, 0.3) is 11.0 Å². The fourth-order valence-corrected chi connectivity index (χ4v) is 1.76. The van der Waals surface area contributed by atoms with E-state index in [2.05, 4.69) is 9.97 Å². The molecule has 2 N–H and O–H groups in total. The van der Waals surface area contributed by atoms with E-state index >= 15 is 0 Å². The van der Waals surface area contributed by atoms with Gasteiger partial charge in [0.2, 0.25) is 0 Å². The van der Waals surface area contributed by atoms with Gasteiger partial charge in [0.25, 0.3) is 0 Å². The summed E-state index contributed by atoms with van der Waals surface area (Å²) in [5.74, 6) is -1.32. The molecule has 0 atom stereocenters. The Morgan fingerprint density at radius 3 is 3.13 bits per heavy atom. The Morgan fingerprint density at radius 1 is 1.60 bits per heavy atom. The summed E-state index contributed by atoms with van der Waals surface area (Å²) in [5.41, 5.74) is 1.20. The lowest BCUT2D eigenvalue weighted by atomic mass is 10.3. The number of aliphatic carboxylic acids is 1. The molecule has 0 aliphatic rings. The number of halogens is 1. The summed E-state index contributed by atoms with van der Waals surface area (Å²) in [7, 11) is 0. The summed E-state index contributed by atoms with van der Waals surface area (Å²) >= 11 is 1.07. The van der Waals surface area contributed by atoms with Crippen molar-refractivity contribution in [2.24, 2.45) is 0 Å². The second-order valence-electron chi connectivity index (χ2n) is 2.89. The molecule has 6 heteroatoms. The van der Waals surface area contributed by atoms with E-state index in [9.17, 15) is 9.18 Å². The molecule has 0 fully saturated rings. The van der Waals surface area contributed by atoms with Crippen molar-refractivity contribution in [3.8, 4) is 0 Å². The van der Waals surface area contributed by atoms with Gasteiger partial charge in [-0.05, 0) is 18.2 Å². The molecule has 2 aromatic rings. The SMILES string of the molecule is O=C(O)CSc1nc2ccc(F)cc2[nH]1. The molecule has 0 aliphatic heterocycles. The Balaban J connectivity index is 2.27. The van der Waals surface area contributed by atoms with E-state index < -0.39 is 5.97 Å². The highest BCUT2D eigenvalue weighted by Crippen LogP contribution is 2.19. The summed E-state index contributed by atoms with van der Waals surface area (Å²) in [5, 5.41) is 8.96. The molecule has 0 aliphatic carbocycles. The predicted octanol–water partition coefficient (Wildman–Crippen LogP) is 1.88. The van der Waals surface area contributed by atoms with Crippen LogP contribution in [-0.4, -0.2) is 26.8 Å². The molecule has 78 valence electrons. The normalized spacial score (nSPS) is 10.7. The first-order valence-electron chi connectivity index (χ1n) is 4.15. The van der Waals surface area contributed by atoms with E-state index in [0.29, 0.717) is 16.2 Å².